The van der Waals surface area contributed by atoms with Crippen molar-refractivity contribution < 1.29 is 4.74 Å². The Labute approximate surface area is 116 Å². The Morgan fingerprint density at radius 2 is 1.90 bits per heavy atom. The fraction of sp³-hybridized carbons (Fsp3) is 0.615. The van der Waals surface area contributed by atoms with Crippen molar-refractivity contribution >= 4 is 17.0 Å². The molecule has 7 nitrogen and oxygen atoms in total. The lowest BCUT2D eigenvalue weighted by atomic mass is 9.99. The summed E-state index contributed by atoms with van der Waals surface area (Å²) in [7, 11) is 0. The van der Waals surface area contributed by atoms with Gasteiger partial charge in [0.15, 0.2) is 5.65 Å². The molecule has 2 N–H and O–H groups in total. The van der Waals surface area contributed by atoms with E-state index in [1.807, 2.05) is 32.6 Å². The molecule has 108 valence electrons. The first-order valence-electron chi connectivity index (χ1n) is 6.64. The number of hydrogen-bond acceptors (Lipinski definition) is 5. The van der Waals surface area contributed by atoms with E-state index < -0.39 is 0 Å². The number of aromatic nitrogens is 4. The highest BCUT2D eigenvalue weighted by molar-refractivity contribution is 5.73. The molecular formula is C13H19N5O2. The Bertz CT molecular complexity index is 684. The quantitative estimate of drug-likeness (QED) is 0.813. The van der Waals surface area contributed by atoms with Gasteiger partial charge in [-0.15, -0.1) is 0 Å². The lowest BCUT2D eigenvalue weighted by molar-refractivity contribution is -0.133. The maximum atomic E-state index is 12.0. The van der Waals surface area contributed by atoms with Crippen molar-refractivity contribution in [2.24, 2.45) is 0 Å². The molecule has 1 fully saturated rings. The average molecular weight is 277 g/mol. The summed E-state index contributed by atoms with van der Waals surface area (Å²) in [5.41, 5.74) is -0.279. The van der Waals surface area contributed by atoms with Crippen LogP contribution in [0.3, 0.4) is 0 Å². The molecule has 0 bridgehead atoms. The highest BCUT2D eigenvalue weighted by Gasteiger charge is 2.39. The minimum Gasteiger partial charge on any atom is -0.366 e. The molecule has 2 aromatic rings. The van der Waals surface area contributed by atoms with Crippen LogP contribution in [-0.4, -0.2) is 44.5 Å². The third-order valence-electron chi connectivity index (χ3n) is 3.30. The number of nitrogens with zero attached hydrogens (tertiary/aromatic N) is 3. The lowest BCUT2D eigenvalue weighted by Crippen LogP contribution is -2.57. The van der Waals surface area contributed by atoms with E-state index in [4.69, 9.17) is 4.74 Å². The van der Waals surface area contributed by atoms with Gasteiger partial charge in [0.2, 0.25) is 5.95 Å². The van der Waals surface area contributed by atoms with E-state index in [0.29, 0.717) is 30.1 Å². The molecule has 7 heteroatoms. The van der Waals surface area contributed by atoms with Gasteiger partial charge in [0.25, 0.3) is 5.56 Å². The Kier molecular flexibility index (Phi) is 2.66. The summed E-state index contributed by atoms with van der Waals surface area (Å²) in [4.78, 5) is 21.3. The third kappa shape index (κ3) is 2.29. The standard InChI is InChI=1S/C13H19N5O2/c1-12(2)6-18(7-13(3,4)20-12)11-15-9-8(5-14-17-9)10(19)16-11/h5H,6-7H2,1-4H3,(H2,14,15,16,17,19). The van der Waals surface area contributed by atoms with Crippen LogP contribution in [0.2, 0.25) is 0 Å². The zero-order valence-corrected chi connectivity index (χ0v) is 12.1. The highest BCUT2D eigenvalue weighted by atomic mass is 16.5. The smallest absolute Gasteiger partial charge is 0.263 e. The Morgan fingerprint density at radius 1 is 1.25 bits per heavy atom. The Morgan fingerprint density at radius 3 is 2.55 bits per heavy atom. The number of H-pyrrole nitrogens is 2. The number of fused-ring (bicyclic) bond motifs is 1. The topological polar surface area (TPSA) is 86.9 Å². The van der Waals surface area contributed by atoms with Crippen molar-refractivity contribution in [1.82, 2.24) is 20.2 Å². The van der Waals surface area contributed by atoms with Crippen LogP contribution in [0.15, 0.2) is 11.0 Å². The molecule has 0 spiro atoms. The van der Waals surface area contributed by atoms with Crippen LogP contribution in [-0.2, 0) is 4.74 Å². The van der Waals surface area contributed by atoms with Gasteiger partial charge < -0.3 is 9.64 Å². The van der Waals surface area contributed by atoms with Gasteiger partial charge >= 0.3 is 0 Å². The van der Waals surface area contributed by atoms with Gasteiger partial charge in [-0.25, -0.2) is 0 Å². The number of nitrogens with one attached hydrogen (secondary N) is 2. The highest BCUT2D eigenvalue weighted by Crippen LogP contribution is 2.29. The predicted octanol–water partition coefficient (Wildman–Crippen LogP) is 1.04. The van der Waals surface area contributed by atoms with Gasteiger partial charge in [0, 0.05) is 13.1 Å². The molecular weight excluding hydrogens is 258 g/mol. The summed E-state index contributed by atoms with van der Waals surface area (Å²) < 4.78 is 6.03. The summed E-state index contributed by atoms with van der Waals surface area (Å²) >= 11 is 0. The second kappa shape index (κ2) is 4.05. The zero-order valence-electron chi connectivity index (χ0n) is 12.1. The average Bonchev–Trinajstić information content (AvgIpc) is 2.73. The molecule has 0 saturated carbocycles. The van der Waals surface area contributed by atoms with Crippen LogP contribution >= 0.6 is 0 Å². The van der Waals surface area contributed by atoms with Gasteiger partial charge in [-0.2, -0.15) is 10.1 Å². The summed E-state index contributed by atoms with van der Waals surface area (Å²) in [6, 6.07) is 0. The van der Waals surface area contributed by atoms with Gasteiger partial charge in [-0.1, -0.05) is 0 Å². The van der Waals surface area contributed by atoms with Crippen LogP contribution in [0, 0.1) is 0 Å². The van der Waals surface area contributed by atoms with Crippen LogP contribution < -0.4 is 10.5 Å². The summed E-state index contributed by atoms with van der Waals surface area (Å²) in [5.74, 6) is 0.552. The first-order valence-corrected chi connectivity index (χ1v) is 6.64. The minimum absolute atomic E-state index is 0.180. The number of morpholine rings is 1. The maximum Gasteiger partial charge on any atom is 0.263 e. The Hall–Kier alpha value is -1.89. The molecule has 1 aliphatic heterocycles. The van der Waals surface area contributed by atoms with E-state index in [0.717, 1.165) is 0 Å². The number of hydrogen-bond donors (Lipinski definition) is 2. The molecule has 0 aromatic carbocycles. The van der Waals surface area contributed by atoms with Crippen LogP contribution in [0.4, 0.5) is 5.95 Å². The van der Waals surface area contributed by atoms with E-state index in [1.54, 1.807) is 0 Å². The summed E-state index contributed by atoms with van der Waals surface area (Å²) in [6.45, 7) is 9.47. The predicted molar refractivity (Wildman–Crippen MR) is 76.0 cm³/mol. The Balaban J connectivity index is 2.03. The van der Waals surface area contributed by atoms with Crippen molar-refractivity contribution in [3.05, 3.63) is 16.6 Å². The third-order valence-corrected chi connectivity index (χ3v) is 3.30. The molecule has 20 heavy (non-hydrogen) atoms. The van der Waals surface area contributed by atoms with E-state index in [2.05, 4.69) is 20.2 Å². The number of aromatic amines is 2. The molecule has 0 amide bonds. The van der Waals surface area contributed by atoms with Crippen LogP contribution in [0.5, 0.6) is 0 Å². The van der Waals surface area contributed by atoms with E-state index in [1.165, 1.54) is 6.20 Å². The molecule has 3 heterocycles. The fourth-order valence-corrected chi connectivity index (χ4v) is 2.92. The summed E-state index contributed by atoms with van der Waals surface area (Å²) in [5, 5.41) is 7.07. The monoisotopic (exact) mass is 277 g/mol. The first kappa shape index (κ1) is 13.1. The summed E-state index contributed by atoms with van der Waals surface area (Å²) in [6.07, 6.45) is 1.48. The number of anilines is 1. The molecule has 0 atom stereocenters. The van der Waals surface area contributed by atoms with Crippen molar-refractivity contribution in [2.75, 3.05) is 18.0 Å². The van der Waals surface area contributed by atoms with Gasteiger partial charge in [-0.05, 0) is 27.7 Å². The molecule has 1 aliphatic rings. The lowest BCUT2D eigenvalue weighted by Gasteiger charge is -2.47. The normalized spacial score (nSPS) is 21.3. The molecule has 3 rings (SSSR count). The SMILES string of the molecule is CC1(C)CN(c2nc3[nH]ncc3c(=O)[nH]2)CC(C)(C)O1. The minimum atomic E-state index is -0.302. The molecule has 1 saturated heterocycles. The van der Waals surface area contributed by atoms with Gasteiger partial charge in [0.1, 0.15) is 5.39 Å². The molecule has 0 radical (unpaired) electrons. The number of ether oxygens (including phenoxy) is 1. The largest absolute Gasteiger partial charge is 0.366 e. The molecule has 0 aliphatic carbocycles. The van der Waals surface area contributed by atoms with Crippen molar-refractivity contribution in [3.8, 4) is 0 Å². The number of rotatable bonds is 1. The van der Waals surface area contributed by atoms with Gasteiger partial charge in [0.05, 0.1) is 17.4 Å². The zero-order chi connectivity index (χ0) is 14.5. The molecule has 0 unspecified atom stereocenters. The maximum absolute atomic E-state index is 12.0. The van der Waals surface area contributed by atoms with E-state index in [-0.39, 0.29) is 16.8 Å². The van der Waals surface area contributed by atoms with Crippen LogP contribution in [0.1, 0.15) is 27.7 Å². The molecule has 2 aromatic heterocycles. The van der Waals surface area contributed by atoms with Crippen molar-refractivity contribution in [3.63, 3.8) is 0 Å². The fourth-order valence-electron chi connectivity index (χ4n) is 2.92. The first-order chi connectivity index (χ1) is 9.26. The van der Waals surface area contributed by atoms with Crippen molar-refractivity contribution in [2.45, 2.75) is 38.9 Å². The van der Waals surface area contributed by atoms with Gasteiger partial charge in [-0.3, -0.25) is 14.9 Å². The second-order valence-electron chi connectivity index (χ2n) is 6.50. The van der Waals surface area contributed by atoms with E-state index in [9.17, 15) is 4.79 Å². The second-order valence-corrected chi connectivity index (χ2v) is 6.50. The van der Waals surface area contributed by atoms with Crippen LogP contribution in [0.25, 0.3) is 11.0 Å². The van der Waals surface area contributed by atoms with Crippen molar-refractivity contribution in [1.29, 1.82) is 0 Å². The van der Waals surface area contributed by atoms with E-state index >= 15 is 0 Å².